The van der Waals surface area contributed by atoms with E-state index in [1.54, 1.807) is 6.92 Å². The summed E-state index contributed by atoms with van der Waals surface area (Å²) in [5.41, 5.74) is 3.08. The van der Waals surface area contributed by atoms with Crippen LogP contribution >= 0.6 is 0 Å². The van der Waals surface area contributed by atoms with Gasteiger partial charge in [-0.15, -0.1) is 0 Å². The van der Waals surface area contributed by atoms with Gasteiger partial charge < -0.3 is 84.2 Å². The van der Waals surface area contributed by atoms with E-state index in [1.807, 2.05) is 0 Å². The van der Waals surface area contributed by atoms with Crippen molar-refractivity contribution in [3.8, 4) is 0 Å². The van der Waals surface area contributed by atoms with E-state index < -0.39 is 105 Å². The van der Waals surface area contributed by atoms with Crippen molar-refractivity contribution in [3.63, 3.8) is 0 Å². The Kier molecular flexibility index (Phi) is 14.8. The Hall–Kier alpha value is -0.940. The lowest BCUT2D eigenvalue weighted by molar-refractivity contribution is -0.373. The van der Waals surface area contributed by atoms with Crippen LogP contribution in [-0.4, -0.2) is 182 Å². The third-order valence-corrected chi connectivity index (χ3v) is 17.6. The number of aliphatic hydroxyl groups is 10. The minimum Gasteiger partial charge on any atom is -0.394 e. The van der Waals surface area contributed by atoms with E-state index in [0.29, 0.717) is 36.7 Å². The lowest BCUT2D eigenvalue weighted by Gasteiger charge is -2.60. The number of hydrogen-bond donors (Lipinski definition) is 10. The van der Waals surface area contributed by atoms with Gasteiger partial charge in [0.1, 0.15) is 61.0 Å². The molecule has 63 heavy (non-hydrogen) atoms. The maximum absolute atomic E-state index is 11.2. The fourth-order valence-corrected chi connectivity index (χ4v) is 13.7. The molecule has 17 heteroatoms. The van der Waals surface area contributed by atoms with Gasteiger partial charge in [0, 0.05) is 17.3 Å². The minimum atomic E-state index is -1.74. The molecule has 8 rings (SSSR count). The van der Waals surface area contributed by atoms with Crippen molar-refractivity contribution < 1.29 is 84.2 Å². The van der Waals surface area contributed by atoms with Crippen LogP contribution in [0.25, 0.3) is 0 Å². The van der Waals surface area contributed by atoms with Gasteiger partial charge in [-0.3, -0.25) is 0 Å². The standard InChI is InChI=1S/C46H76O17/c1-20(19-57-42-34(51)22(3)33(50)29(16-47)60-42)6-7-23-14-28-32(21(23)2)46(5)13-11-27-26(41(46)59-28)9-8-24-15-25(10-12-45(24,27)4)58-44-40(38(55)36(53)31(18-49)62-44)63-43-39(56)37(54)35(52)30(17-48)61-43/h20,22,24-44,47-56H,6-19H2,1-5H3. The zero-order valence-corrected chi connectivity index (χ0v) is 37.5. The van der Waals surface area contributed by atoms with E-state index in [0.717, 1.165) is 57.8 Å². The van der Waals surface area contributed by atoms with Crippen LogP contribution < -0.4 is 0 Å². The van der Waals surface area contributed by atoms with Gasteiger partial charge in [0.2, 0.25) is 0 Å². The highest BCUT2D eigenvalue weighted by molar-refractivity contribution is 5.31. The first-order chi connectivity index (χ1) is 29.9. The zero-order chi connectivity index (χ0) is 45.3. The molecule has 17 nitrogen and oxygen atoms in total. The first kappa shape index (κ1) is 48.5. The first-order valence-electron chi connectivity index (χ1n) is 23.8. The predicted octanol–water partition coefficient (Wildman–Crippen LogP) is 0.240. The van der Waals surface area contributed by atoms with Crippen LogP contribution in [-0.2, 0) is 33.2 Å². The summed E-state index contributed by atoms with van der Waals surface area (Å²) in [5.74, 6) is 1.44. The minimum absolute atomic E-state index is 0.0534. The Balaban J connectivity index is 0.872. The Morgan fingerprint density at radius 2 is 1.32 bits per heavy atom. The summed E-state index contributed by atoms with van der Waals surface area (Å²) in [5, 5.41) is 104. The highest BCUT2D eigenvalue weighted by Crippen LogP contribution is 2.67. The van der Waals surface area contributed by atoms with Gasteiger partial charge in [-0.1, -0.05) is 38.8 Å². The molecule has 25 atom stereocenters. The van der Waals surface area contributed by atoms with Crippen LogP contribution in [0.15, 0.2) is 11.1 Å². The quantitative estimate of drug-likeness (QED) is 0.0877. The average Bonchev–Trinajstić information content (AvgIpc) is 3.76. The molecule has 362 valence electrons. The van der Waals surface area contributed by atoms with Crippen molar-refractivity contribution in [2.75, 3.05) is 26.4 Å². The number of hydrogen-bond acceptors (Lipinski definition) is 17. The van der Waals surface area contributed by atoms with E-state index in [-0.39, 0.29) is 41.7 Å². The fourth-order valence-electron chi connectivity index (χ4n) is 13.7. The second kappa shape index (κ2) is 19.2. The molecule has 10 N–H and O–H groups in total. The summed E-state index contributed by atoms with van der Waals surface area (Å²) in [6.45, 7) is 9.91. The van der Waals surface area contributed by atoms with E-state index in [4.69, 9.17) is 33.2 Å². The van der Waals surface area contributed by atoms with Crippen LogP contribution in [0.3, 0.4) is 0 Å². The van der Waals surface area contributed by atoms with Crippen LogP contribution in [0.5, 0.6) is 0 Å². The van der Waals surface area contributed by atoms with E-state index in [9.17, 15) is 51.1 Å². The summed E-state index contributed by atoms with van der Waals surface area (Å²) >= 11 is 0. The summed E-state index contributed by atoms with van der Waals surface area (Å²) < 4.78 is 42.9. The zero-order valence-electron chi connectivity index (χ0n) is 37.5. The second-order valence-electron chi connectivity index (χ2n) is 21.2. The summed E-state index contributed by atoms with van der Waals surface area (Å²) in [6.07, 6.45) is -8.86. The number of ether oxygens (including phenoxy) is 7. The smallest absolute Gasteiger partial charge is 0.187 e. The van der Waals surface area contributed by atoms with E-state index >= 15 is 0 Å². The molecule has 0 aromatic heterocycles. The van der Waals surface area contributed by atoms with Gasteiger partial charge in [0.25, 0.3) is 0 Å². The Morgan fingerprint density at radius 1 is 0.683 bits per heavy atom. The molecule has 8 aliphatic rings. The Bertz CT molecular complexity index is 1580. The van der Waals surface area contributed by atoms with Crippen molar-refractivity contribution >= 4 is 0 Å². The monoisotopic (exact) mass is 901 g/mol. The second-order valence-corrected chi connectivity index (χ2v) is 21.2. The van der Waals surface area contributed by atoms with Crippen LogP contribution in [0.4, 0.5) is 0 Å². The van der Waals surface area contributed by atoms with Gasteiger partial charge in [-0.2, -0.15) is 0 Å². The van der Waals surface area contributed by atoms with Gasteiger partial charge in [0.15, 0.2) is 18.9 Å². The van der Waals surface area contributed by atoms with Gasteiger partial charge >= 0.3 is 0 Å². The van der Waals surface area contributed by atoms with Crippen LogP contribution in [0, 0.1) is 46.3 Å². The normalized spacial score (nSPS) is 52.8. The van der Waals surface area contributed by atoms with E-state index in [1.165, 1.54) is 11.1 Å². The molecule has 0 spiro atoms. The molecular formula is C46H76O17. The number of aliphatic hydroxyl groups excluding tert-OH is 10. The number of rotatable bonds is 13. The number of fused-ring (bicyclic) bond motifs is 7. The van der Waals surface area contributed by atoms with Gasteiger partial charge in [0.05, 0.1) is 50.8 Å². The molecule has 0 bridgehead atoms. The molecule has 4 heterocycles. The molecule has 0 aromatic rings. The largest absolute Gasteiger partial charge is 0.394 e. The maximum Gasteiger partial charge on any atom is 0.187 e. The molecule has 7 fully saturated rings. The van der Waals surface area contributed by atoms with Gasteiger partial charge in [-0.25, -0.2) is 0 Å². The molecule has 0 aromatic carbocycles. The molecule has 3 saturated carbocycles. The average molecular weight is 901 g/mol. The lowest BCUT2D eigenvalue weighted by atomic mass is 9.45. The molecule has 4 saturated heterocycles. The first-order valence-corrected chi connectivity index (χ1v) is 23.8. The third kappa shape index (κ3) is 8.75. The summed E-state index contributed by atoms with van der Waals surface area (Å²) in [4.78, 5) is 0. The van der Waals surface area contributed by atoms with Crippen molar-refractivity contribution in [1.29, 1.82) is 0 Å². The van der Waals surface area contributed by atoms with Gasteiger partial charge in [-0.05, 0) is 100 Å². The Morgan fingerprint density at radius 3 is 2.02 bits per heavy atom. The molecular weight excluding hydrogens is 824 g/mol. The van der Waals surface area contributed by atoms with Crippen molar-refractivity contribution in [1.82, 2.24) is 0 Å². The van der Waals surface area contributed by atoms with Crippen molar-refractivity contribution in [3.05, 3.63) is 11.1 Å². The van der Waals surface area contributed by atoms with Crippen LogP contribution in [0.2, 0.25) is 0 Å². The van der Waals surface area contributed by atoms with E-state index in [2.05, 4.69) is 27.7 Å². The Labute approximate surface area is 370 Å². The summed E-state index contributed by atoms with van der Waals surface area (Å²) in [7, 11) is 0. The molecule has 0 amide bonds. The SMILES string of the molecule is CC1=C(CCC(C)COC2OC(CO)C(O)C(C)C2O)CC2OC3C4CCC5CC(OC6OC(CO)C(O)C(O)C6OC6OC(CO)C(O)C(O)C6O)CCC5(C)C4CCC3(C)C12. The topological polar surface area (TPSA) is 267 Å². The summed E-state index contributed by atoms with van der Waals surface area (Å²) in [6, 6.07) is 0. The van der Waals surface area contributed by atoms with Crippen molar-refractivity contribution in [2.45, 2.75) is 203 Å². The van der Waals surface area contributed by atoms with Crippen LogP contribution in [0.1, 0.15) is 98.8 Å². The highest BCUT2D eigenvalue weighted by atomic mass is 16.8. The molecule has 25 unspecified atom stereocenters. The molecule has 4 aliphatic heterocycles. The van der Waals surface area contributed by atoms with Crippen molar-refractivity contribution in [2.24, 2.45) is 46.3 Å². The predicted molar refractivity (Wildman–Crippen MR) is 221 cm³/mol. The maximum atomic E-state index is 11.2. The fraction of sp³-hybridized carbons (Fsp3) is 0.957. The third-order valence-electron chi connectivity index (χ3n) is 17.6. The molecule has 0 radical (unpaired) electrons. The highest BCUT2D eigenvalue weighted by Gasteiger charge is 2.65. The lowest BCUT2D eigenvalue weighted by Crippen LogP contribution is -2.65. The molecule has 4 aliphatic carbocycles.